The van der Waals surface area contributed by atoms with E-state index in [-0.39, 0.29) is 42.1 Å². The molecule has 0 bridgehead atoms. The number of piperidine rings is 2. The summed E-state index contributed by atoms with van der Waals surface area (Å²) >= 11 is 0. The van der Waals surface area contributed by atoms with Crippen molar-refractivity contribution in [1.82, 2.24) is 30.3 Å². The molecule has 252 valence electrons. The smallest absolute Gasteiger partial charge is 0.276 e. The number of amides is 3. The molecule has 2 fully saturated rings. The Morgan fingerprint density at radius 3 is 2.46 bits per heavy atom. The minimum absolute atomic E-state index is 0.0333. The number of methoxy groups -OCH3 is 2. The Balaban J connectivity index is 1.05. The van der Waals surface area contributed by atoms with Gasteiger partial charge in [-0.3, -0.25) is 29.6 Å². The van der Waals surface area contributed by atoms with Crippen LogP contribution in [-0.4, -0.2) is 77.3 Å². The van der Waals surface area contributed by atoms with E-state index in [1.54, 1.807) is 50.7 Å². The number of carbonyl (C=O) groups excluding carboxylic acids is 3. The van der Waals surface area contributed by atoms with Crippen molar-refractivity contribution < 1.29 is 28.2 Å². The molecule has 0 radical (unpaired) electrons. The van der Waals surface area contributed by atoms with E-state index in [4.69, 9.17) is 9.47 Å². The van der Waals surface area contributed by atoms with Crippen molar-refractivity contribution in [2.45, 2.75) is 44.2 Å². The molecule has 4 N–H and O–H groups in total. The number of nitrogens with one attached hydrogen (secondary N) is 4. The summed E-state index contributed by atoms with van der Waals surface area (Å²) in [7, 11) is 4.81. The predicted octanol–water partition coefficient (Wildman–Crippen LogP) is 2.80. The van der Waals surface area contributed by atoms with Gasteiger partial charge >= 0.3 is 0 Å². The second-order valence-corrected chi connectivity index (χ2v) is 12.1. The number of halogens is 1. The quantitative estimate of drug-likeness (QED) is 0.188. The van der Waals surface area contributed by atoms with Crippen LogP contribution in [0.3, 0.4) is 0 Å². The molecule has 2 aliphatic heterocycles. The van der Waals surface area contributed by atoms with E-state index in [2.05, 4.69) is 26.1 Å². The van der Waals surface area contributed by atoms with E-state index >= 15 is 4.39 Å². The number of carbonyl (C=O) groups is 3. The highest BCUT2D eigenvalue weighted by Gasteiger charge is 2.28. The van der Waals surface area contributed by atoms with E-state index < -0.39 is 11.9 Å². The maximum Gasteiger partial charge on any atom is 0.276 e. The Kier molecular flexibility index (Phi) is 9.44. The molecule has 0 aliphatic carbocycles. The van der Waals surface area contributed by atoms with Crippen molar-refractivity contribution in [2.75, 3.05) is 39.2 Å². The lowest BCUT2D eigenvalue weighted by Gasteiger charge is -2.32. The number of likely N-dealkylation sites (tertiary alicyclic amines) is 1. The normalized spacial score (nSPS) is 17.0. The number of hydrogen-bond donors (Lipinski definition) is 4. The van der Waals surface area contributed by atoms with Gasteiger partial charge in [0.1, 0.15) is 28.9 Å². The highest BCUT2D eigenvalue weighted by Crippen LogP contribution is 2.37. The van der Waals surface area contributed by atoms with Gasteiger partial charge in [0.05, 0.1) is 27.0 Å². The van der Waals surface area contributed by atoms with Crippen molar-refractivity contribution in [1.29, 1.82) is 0 Å². The van der Waals surface area contributed by atoms with E-state index in [9.17, 15) is 19.2 Å². The van der Waals surface area contributed by atoms with Crippen LogP contribution in [0.2, 0.25) is 0 Å². The molecule has 0 saturated carbocycles. The lowest BCUT2D eigenvalue weighted by atomic mass is 9.89. The van der Waals surface area contributed by atoms with Crippen molar-refractivity contribution in [2.24, 2.45) is 7.05 Å². The first-order valence-electron chi connectivity index (χ1n) is 15.8. The van der Waals surface area contributed by atoms with Crippen LogP contribution in [0.5, 0.6) is 11.5 Å². The SMILES string of the molecule is COc1cc(-c2cn(C)c(=O)c3[nH]ncc23)cc(OC)c1CNCC(=O)N1CCC(c2ccc(NC3CCC(=O)NC3=O)cc2F)CC1. The molecule has 2 saturated heterocycles. The lowest BCUT2D eigenvalue weighted by molar-refractivity contribution is -0.134. The Morgan fingerprint density at radius 1 is 1.06 bits per heavy atom. The number of H-pyrrole nitrogens is 1. The average Bonchev–Trinajstić information content (AvgIpc) is 3.58. The summed E-state index contributed by atoms with van der Waals surface area (Å²) in [5, 5.41) is 16.0. The number of anilines is 1. The van der Waals surface area contributed by atoms with Gasteiger partial charge in [0.25, 0.3) is 5.56 Å². The van der Waals surface area contributed by atoms with Crippen LogP contribution in [0.25, 0.3) is 22.0 Å². The maximum atomic E-state index is 15.1. The van der Waals surface area contributed by atoms with E-state index in [0.29, 0.717) is 72.5 Å². The van der Waals surface area contributed by atoms with Crippen LogP contribution in [0.4, 0.5) is 10.1 Å². The number of hydrogen-bond acceptors (Lipinski definition) is 9. The Bertz CT molecular complexity index is 1910. The number of aromatic nitrogens is 3. The number of rotatable bonds is 10. The van der Waals surface area contributed by atoms with Gasteiger partial charge in [0.15, 0.2) is 0 Å². The molecule has 6 rings (SSSR count). The number of aryl methyl sites for hydroxylation is 1. The van der Waals surface area contributed by atoms with Crippen LogP contribution < -0.4 is 31.0 Å². The first-order chi connectivity index (χ1) is 23.2. The summed E-state index contributed by atoms with van der Waals surface area (Å²) in [6.07, 6.45) is 5.21. The third-order valence-corrected chi connectivity index (χ3v) is 9.15. The number of imide groups is 1. The van der Waals surface area contributed by atoms with Crippen LogP contribution in [0, 0.1) is 5.82 Å². The van der Waals surface area contributed by atoms with Crippen molar-refractivity contribution >= 4 is 34.3 Å². The van der Waals surface area contributed by atoms with Crippen molar-refractivity contribution in [3.8, 4) is 22.6 Å². The second kappa shape index (κ2) is 13.9. The standard InChI is InChI=1S/C34H38FN7O6/c1-41-18-25(23-16-37-40-32(23)34(41)46)20-12-28(47-2)24(29(13-20)48-3)15-36-17-31(44)42-10-8-19(9-11-42)22-5-4-21(14-26(22)35)38-27-6-7-30(43)39-33(27)45/h4-5,12-14,16,18-19,27,36,38H,6-11,15,17H2,1-3H3,(H,37,40)(H,39,43,45). The average molecular weight is 660 g/mol. The summed E-state index contributed by atoms with van der Waals surface area (Å²) in [5.74, 6) is -0.0327. The third kappa shape index (κ3) is 6.61. The fourth-order valence-corrected chi connectivity index (χ4v) is 6.52. The monoisotopic (exact) mass is 659 g/mol. The first kappa shape index (κ1) is 32.7. The molecule has 4 heterocycles. The first-order valence-corrected chi connectivity index (χ1v) is 15.8. The van der Waals surface area contributed by atoms with Crippen LogP contribution in [0.15, 0.2) is 47.5 Å². The third-order valence-electron chi connectivity index (χ3n) is 9.15. The Labute approximate surface area is 275 Å². The number of ether oxygens (including phenoxy) is 2. The molecular formula is C34H38FN7O6. The number of pyridine rings is 1. The zero-order valence-corrected chi connectivity index (χ0v) is 27.0. The molecule has 2 aromatic heterocycles. The van der Waals surface area contributed by atoms with Crippen LogP contribution in [-0.2, 0) is 28.0 Å². The number of fused-ring (bicyclic) bond motifs is 1. The van der Waals surface area contributed by atoms with Gasteiger partial charge in [-0.05, 0) is 60.6 Å². The largest absolute Gasteiger partial charge is 0.496 e. The van der Waals surface area contributed by atoms with Crippen molar-refractivity contribution in [3.05, 3.63) is 70.0 Å². The Morgan fingerprint density at radius 2 is 1.79 bits per heavy atom. The highest BCUT2D eigenvalue weighted by molar-refractivity contribution is 6.01. The van der Waals surface area contributed by atoms with E-state index in [1.807, 2.05) is 12.1 Å². The minimum atomic E-state index is -0.585. The number of benzene rings is 2. The summed E-state index contributed by atoms with van der Waals surface area (Å²) in [4.78, 5) is 50.8. The molecule has 2 aromatic carbocycles. The van der Waals surface area contributed by atoms with Gasteiger partial charge in [-0.1, -0.05) is 6.07 Å². The molecule has 1 atom stereocenters. The van der Waals surface area contributed by atoms with Crippen LogP contribution in [0.1, 0.15) is 42.7 Å². The maximum absolute atomic E-state index is 15.1. The predicted molar refractivity (Wildman–Crippen MR) is 176 cm³/mol. The summed E-state index contributed by atoms with van der Waals surface area (Å²) in [6.45, 7) is 1.42. The van der Waals surface area contributed by atoms with Gasteiger partial charge in [-0.2, -0.15) is 5.10 Å². The molecular weight excluding hydrogens is 621 g/mol. The van der Waals surface area contributed by atoms with E-state index in [0.717, 1.165) is 16.7 Å². The molecule has 1 unspecified atom stereocenters. The molecule has 48 heavy (non-hydrogen) atoms. The van der Waals surface area contributed by atoms with E-state index in [1.165, 1.54) is 10.6 Å². The summed E-state index contributed by atoms with van der Waals surface area (Å²) in [5.41, 5.74) is 3.61. The molecule has 4 aromatic rings. The highest BCUT2D eigenvalue weighted by atomic mass is 19.1. The molecule has 2 aliphatic rings. The molecule has 3 amide bonds. The molecule has 14 heteroatoms. The Hall–Kier alpha value is -5.24. The summed E-state index contributed by atoms with van der Waals surface area (Å²) in [6, 6.07) is 8.02. The zero-order chi connectivity index (χ0) is 33.9. The van der Waals surface area contributed by atoms with Crippen molar-refractivity contribution in [3.63, 3.8) is 0 Å². The zero-order valence-electron chi connectivity index (χ0n) is 27.0. The van der Waals surface area contributed by atoms with Crippen LogP contribution >= 0.6 is 0 Å². The fraction of sp³-hybridized carbons (Fsp3) is 0.382. The lowest BCUT2D eigenvalue weighted by Crippen LogP contribution is -2.47. The molecule has 0 spiro atoms. The fourth-order valence-electron chi connectivity index (χ4n) is 6.52. The number of aromatic amines is 1. The van der Waals surface area contributed by atoms with Gasteiger partial charge in [0, 0.05) is 61.5 Å². The summed E-state index contributed by atoms with van der Waals surface area (Å²) < 4.78 is 28.1. The van der Waals surface area contributed by atoms with Gasteiger partial charge in [-0.15, -0.1) is 0 Å². The van der Waals surface area contributed by atoms with Gasteiger partial charge in [-0.25, -0.2) is 4.39 Å². The van der Waals surface area contributed by atoms with Gasteiger partial charge in [0.2, 0.25) is 17.7 Å². The molecule has 13 nitrogen and oxygen atoms in total. The number of nitrogens with zero attached hydrogens (tertiary/aromatic N) is 3. The van der Waals surface area contributed by atoms with Gasteiger partial charge < -0.3 is 29.6 Å². The minimum Gasteiger partial charge on any atom is -0.496 e. The topological polar surface area (TPSA) is 160 Å². The second-order valence-electron chi connectivity index (χ2n) is 12.1.